The van der Waals surface area contributed by atoms with Crippen molar-refractivity contribution >= 4 is 35.3 Å². The molecule has 3 aromatic rings. The predicted octanol–water partition coefficient (Wildman–Crippen LogP) is 4.58. The average molecular weight is 279 g/mol. The molecule has 0 amide bonds. The van der Waals surface area contributed by atoms with Gasteiger partial charge in [-0.15, -0.1) is 12.6 Å². The van der Waals surface area contributed by atoms with Crippen molar-refractivity contribution in [3.05, 3.63) is 66.2 Å². The highest BCUT2D eigenvalue weighted by molar-refractivity contribution is 7.80. The molecule has 0 spiro atoms. The Morgan fingerprint density at radius 3 is 2.50 bits per heavy atom. The number of hydrogen-bond acceptors (Lipinski definition) is 3. The van der Waals surface area contributed by atoms with E-state index >= 15 is 0 Å². The van der Waals surface area contributed by atoms with Crippen molar-refractivity contribution in [2.45, 2.75) is 4.90 Å². The standard InChI is InChI=1S/C17H13NOS/c19-16-10-9-12-5-1-2-6-13(12)14(16)11-18-15-7-3-4-8-17(15)20/h1-11,19-20H. The quantitative estimate of drug-likeness (QED) is 0.522. The molecule has 0 saturated heterocycles. The Labute approximate surface area is 122 Å². The minimum atomic E-state index is 0.226. The number of benzene rings is 3. The fourth-order valence-corrected chi connectivity index (χ4v) is 2.35. The molecule has 0 heterocycles. The lowest BCUT2D eigenvalue weighted by atomic mass is 10.0. The van der Waals surface area contributed by atoms with Crippen LogP contribution in [0.1, 0.15) is 5.56 Å². The van der Waals surface area contributed by atoms with Gasteiger partial charge in [-0.05, 0) is 29.0 Å². The molecular formula is C17H13NOS. The number of para-hydroxylation sites is 1. The summed E-state index contributed by atoms with van der Waals surface area (Å²) in [6.45, 7) is 0. The Morgan fingerprint density at radius 2 is 1.65 bits per heavy atom. The van der Waals surface area contributed by atoms with Crippen molar-refractivity contribution in [1.82, 2.24) is 0 Å². The van der Waals surface area contributed by atoms with Crippen LogP contribution in [-0.4, -0.2) is 11.3 Å². The molecule has 2 nitrogen and oxygen atoms in total. The molecule has 1 N–H and O–H groups in total. The van der Waals surface area contributed by atoms with E-state index in [1.807, 2.05) is 54.6 Å². The Kier molecular flexibility index (Phi) is 3.44. The average Bonchev–Trinajstić information content (AvgIpc) is 2.48. The van der Waals surface area contributed by atoms with Crippen LogP contribution >= 0.6 is 12.6 Å². The van der Waals surface area contributed by atoms with Gasteiger partial charge in [0.1, 0.15) is 5.75 Å². The number of aromatic hydroxyl groups is 1. The summed E-state index contributed by atoms with van der Waals surface area (Å²) in [6, 6.07) is 19.1. The monoisotopic (exact) mass is 279 g/mol. The molecular weight excluding hydrogens is 266 g/mol. The summed E-state index contributed by atoms with van der Waals surface area (Å²) in [7, 11) is 0. The molecule has 0 aliphatic heterocycles. The molecule has 0 aliphatic carbocycles. The van der Waals surface area contributed by atoms with Gasteiger partial charge in [-0.3, -0.25) is 4.99 Å². The summed E-state index contributed by atoms with van der Waals surface area (Å²) in [5.41, 5.74) is 1.50. The molecule has 0 aromatic heterocycles. The van der Waals surface area contributed by atoms with Crippen LogP contribution in [0, 0.1) is 0 Å². The lowest BCUT2D eigenvalue weighted by molar-refractivity contribution is 0.475. The lowest BCUT2D eigenvalue weighted by Gasteiger charge is -2.05. The van der Waals surface area contributed by atoms with Gasteiger partial charge in [0.2, 0.25) is 0 Å². The molecule has 20 heavy (non-hydrogen) atoms. The first-order valence-corrected chi connectivity index (χ1v) is 6.73. The number of thiol groups is 1. The summed E-state index contributed by atoms with van der Waals surface area (Å²) < 4.78 is 0. The van der Waals surface area contributed by atoms with Crippen LogP contribution in [0.3, 0.4) is 0 Å². The molecule has 3 rings (SSSR count). The second-order valence-electron chi connectivity index (χ2n) is 4.47. The van der Waals surface area contributed by atoms with Gasteiger partial charge in [0.25, 0.3) is 0 Å². The minimum Gasteiger partial charge on any atom is -0.507 e. The zero-order valence-corrected chi connectivity index (χ0v) is 11.6. The van der Waals surface area contributed by atoms with Crippen molar-refractivity contribution < 1.29 is 5.11 Å². The van der Waals surface area contributed by atoms with Crippen molar-refractivity contribution in [1.29, 1.82) is 0 Å². The number of rotatable bonds is 2. The third kappa shape index (κ3) is 2.40. The number of nitrogens with zero attached hydrogens (tertiary/aromatic N) is 1. The number of fused-ring (bicyclic) bond motifs is 1. The molecule has 0 radical (unpaired) electrons. The summed E-state index contributed by atoms with van der Waals surface area (Å²) in [5.74, 6) is 0.226. The topological polar surface area (TPSA) is 32.6 Å². The van der Waals surface area contributed by atoms with Crippen LogP contribution in [0.15, 0.2) is 70.6 Å². The highest BCUT2D eigenvalue weighted by Gasteiger charge is 2.04. The fourth-order valence-electron chi connectivity index (χ4n) is 2.13. The van der Waals surface area contributed by atoms with Crippen molar-refractivity contribution in [3.63, 3.8) is 0 Å². The first-order valence-electron chi connectivity index (χ1n) is 6.28. The second-order valence-corrected chi connectivity index (χ2v) is 4.95. The SMILES string of the molecule is Oc1ccc2ccccc2c1C=Nc1ccccc1S. The largest absolute Gasteiger partial charge is 0.507 e. The van der Waals surface area contributed by atoms with Gasteiger partial charge in [0.05, 0.1) is 5.69 Å². The zero-order chi connectivity index (χ0) is 13.9. The van der Waals surface area contributed by atoms with E-state index in [2.05, 4.69) is 17.6 Å². The van der Waals surface area contributed by atoms with E-state index in [0.717, 1.165) is 26.9 Å². The first-order chi connectivity index (χ1) is 9.75. The second kappa shape index (κ2) is 5.39. The van der Waals surface area contributed by atoms with Gasteiger partial charge in [0, 0.05) is 16.7 Å². The van der Waals surface area contributed by atoms with E-state index in [0.29, 0.717) is 0 Å². The third-order valence-corrected chi connectivity index (χ3v) is 3.54. The van der Waals surface area contributed by atoms with Crippen LogP contribution in [-0.2, 0) is 0 Å². The number of aliphatic imine (C=N–C) groups is 1. The maximum Gasteiger partial charge on any atom is 0.124 e. The molecule has 98 valence electrons. The van der Waals surface area contributed by atoms with Crippen LogP contribution in [0.2, 0.25) is 0 Å². The maximum atomic E-state index is 10.0. The molecule has 3 aromatic carbocycles. The van der Waals surface area contributed by atoms with E-state index in [1.54, 1.807) is 12.3 Å². The zero-order valence-electron chi connectivity index (χ0n) is 10.7. The smallest absolute Gasteiger partial charge is 0.124 e. The molecule has 3 heteroatoms. The molecule has 0 fully saturated rings. The summed E-state index contributed by atoms with van der Waals surface area (Å²) in [6.07, 6.45) is 1.69. The van der Waals surface area contributed by atoms with E-state index < -0.39 is 0 Å². The highest BCUT2D eigenvalue weighted by Crippen LogP contribution is 2.27. The van der Waals surface area contributed by atoms with Crippen LogP contribution < -0.4 is 0 Å². The number of phenolic OH excluding ortho intramolecular Hbond substituents is 1. The van der Waals surface area contributed by atoms with Crippen LogP contribution in [0.4, 0.5) is 5.69 Å². The lowest BCUT2D eigenvalue weighted by Crippen LogP contribution is -1.86. The van der Waals surface area contributed by atoms with Crippen LogP contribution in [0.5, 0.6) is 5.75 Å². The highest BCUT2D eigenvalue weighted by atomic mass is 32.1. The third-order valence-electron chi connectivity index (χ3n) is 3.16. The predicted molar refractivity (Wildman–Crippen MR) is 86.6 cm³/mol. The molecule has 0 atom stereocenters. The van der Waals surface area contributed by atoms with E-state index in [-0.39, 0.29) is 5.75 Å². The van der Waals surface area contributed by atoms with Gasteiger partial charge >= 0.3 is 0 Å². The Balaban J connectivity index is 2.11. The molecule has 0 saturated carbocycles. The molecule has 0 unspecified atom stereocenters. The minimum absolute atomic E-state index is 0.226. The van der Waals surface area contributed by atoms with Gasteiger partial charge in [0.15, 0.2) is 0 Å². The van der Waals surface area contributed by atoms with Crippen molar-refractivity contribution in [3.8, 4) is 5.75 Å². The van der Waals surface area contributed by atoms with Crippen LogP contribution in [0.25, 0.3) is 10.8 Å². The number of phenols is 1. The van der Waals surface area contributed by atoms with Gasteiger partial charge in [-0.25, -0.2) is 0 Å². The van der Waals surface area contributed by atoms with Gasteiger partial charge in [-0.1, -0.05) is 42.5 Å². The van der Waals surface area contributed by atoms with Crippen molar-refractivity contribution in [2.24, 2.45) is 4.99 Å². The van der Waals surface area contributed by atoms with E-state index in [4.69, 9.17) is 0 Å². The van der Waals surface area contributed by atoms with Gasteiger partial charge in [-0.2, -0.15) is 0 Å². The first kappa shape index (κ1) is 12.8. The Bertz CT molecular complexity index is 796. The van der Waals surface area contributed by atoms with E-state index in [1.165, 1.54) is 0 Å². The normalized spacial score (nSPS) is 11.2. The molecule has 0 bridgehead atoms. The number of hydrogen-bond donors (Lipinski definition) is 2. The van der Waals surface area contributed by atoms with Crippen molar-refractivity contribution in [2.75, 3.05) is 0 Å². The maximum absolute atomic E-state index is 10.0. The molecule has 0 aliphatic rings. The summed E-state index contributed by atoms with van der Waals surface area (Å²) in [4.78, 5) is 5.23. The summed E-state index contributed by atoms with van der Waals surface area (Å²) >= 11 is 4.37. The van der Waals surface area contributed by atoms with E-state index in [9.17, 15) is 5.11 Å². The Morgan fingerprint density at radius 1 is 0.900 bits per heavy atom. The Hall–Kier alpha value is -2.26. The fraction of sp³-hybridized carbons (Fsp3) is 0. The van der Waals surface area contributed by atoms with Gasteiger partial charge < -0.3 is 5.11 Å². The summed E-state index contributed by atoms with van der Waals surface area (Å²) in [5, 5.41) is 12.1.